The summed E-state index contributed by atoms with van der Waals surface area (Å²) in [5.74, 6) is -2.19. The Morgan fingerprint density at radius 1 is 1.24 bits per heavy atom. The first-order valence-electron chi connectivity index (χ1n) is 5.07. The van der Waals surface area contributed by atoms with E-state index in [2.05, 4.69) is 0 Å². The molecule has 90 valence electrons. The zero-order chi connectivity index (χ0) is 12.3. The molecule has 0 fully saturated rings. The summed E-state index contributed by atoms with van der Waals surface area (Å²) in [7, 11) is 0. The number of thiophene rings is 1. The van der Waals surface area contributed by atoms with E-state index in [1.165, 1.54) is 6.07 Å². The summed E-state index contributed by atoms with van der Waals surface area (Å²) in [6.07, 6.45) is 0.646. The zero-order valence-corrected chi connectivity index (χ0v) is 9.77. The Bertz CT molecular complexity index is 499. The van der Waals surface area contributed by atoms with Crippen molar-refractivity contribution in [3.05, 3.63) is 46.2 Å². The Kier molecular flexibility index (Phi) is 3.58. The van der Waals surface area contributed by atoms with Gasteiger partial charge >= 0.3 is 0 Å². The van der Waals surface area contributed by atoms with Gasteiger partial charge in [0.15, 0.2) is 11.6 Å². The van der Waals surface area contributed by atoms with Crippen LogP contribution >= 0.6 is 11.3 Å². The molecule has 0 aliphatic rings. The van der Waals surface area contributed by atoms with E-state index in [9.17, 15) is 8.78 Å². The average molecular weight is 255 g/mol. The third-order valence-corrected chi connectivity index (χ3v) is 3.19. The SMILES string of the molecule is Nc1ccc(F)c(F)c1OCCc1cccs1. The van der Waals surface area contributed by atoms with Gasteiger partial charge in [0.2, 0.25) is 5.82 Å². The quantitative estimate of drug-likeness (QED) is 0.851. The molecule has 1 heterocycles. The molecule has 2 rings (SSSR count). The molecule has 0 amide bonds. The molecule has 0 bridgehead atoms. The van der Waals surface area contributed by atoms with Crippen LogP contribution in [0.2, 0.25) is 0 Å². The molecule has 0 aliphatic heterocycles. The first-order valence-corrected chi connectivity index (χ1v) is 5.95. The van der Waals surface area contributed by atoms with Crippen LogP contribution in [0.1, 0.15) is 4.88 Å². The summed E-state index contributed by atoms with van der Waals surface area (Å²) in [6, 6.07) is 6.16. The summed E-state index contributed by atoms with van der Waals surface area (Å²) in [6.45, 7) is 0.269. The lowest BCUT2D eigenvalue weighted by atomic mass is 10.2. The van der Waals surface area contributed by atoms with Gasteiger partial charge in [-0.05, 0) is 23.6 Å². The maximum atomic E-state index is 13.4. The molecule has 0 saturated carbocycles. The van der Waals surface area contributed by atoms with Crippen LogP contribution in [0, 0.1) is 11.6 Å². The molecule has 1 aromatic carbocycles. The van der Waals surface area contributed by atoms with E-state index in [-0.39, 0.29) is 18.0 Å². The fourth-order valence-corrected chi connectivity index (χ4v) is 2.09. The minimum Gasteiger partial charge on any atom is -0.488 e. The molecule has 0 saturated heterocycles. The maximum Gasteiger partial charge on any atom is 0.202 e. The molecule has 5 heteroatoms. The Labute approximate surface area is 102 Å². The maximum absolute atomic E-state index is 13.4. The lowest BCUT2D eigenvalue weighted by Gasteiger charge is -2.09. The number of hydrogen-bond donors (Lipinski definition) is 1. The van der Waals surface area contributed by atoms with Crippen LogP contribution in [0.5, 0.6) is 5.75 Å². The first kappa shape index (κ1) is 11.9. The van der Waals surface area contributed by atoms with E-state index in [0.717, 1.165) is 10.9 Å². The smallest absolute Gasteiger partial charge is 0.202 e. The predicted octanol–water partition coefficient (Wildman–Crippen LogP) is 3.23. The largest absolute Gasteiger partial charge is 0.488 e. The van der Waals surface area contributed by atoms with Crippen LogP contribution in [-0.4, -0.2) is 6.61 Å². The summed E-state index contributed by atoms with van der Waals surface area (Å²) in [5, 5.41) is 1.95. The van der Waals surface area contributed by atoms with Crippen LogP contribution in [0.3, 0.4) is 0 Å². The molecule has 17 heavy (non-hydrogen) atoms. The molecule has 1 aromatic heterocycles. The second-order valence-corrected chi connectivity index (χ2v) is 4.49. The van der Waals surface area contributed by atoms with Crippen LogP contribution < -0.4 is 10.5 Å². The third-order valence-electron chi connectivity index (χ3n) is 2.26. The van der Waals surface area contributed by atoms with Crippen molar-refractivity contribution in [2.45, 2.75) is 6.42 Å². The molecular weight excluding hydrogens is 244 g/mol. The fraction of sp³-hybridized carbons (Fsp3) is 0.167. The van der Waals surface area contributed by atoms with E-state index in [0.29, 0.717) is 6.42 Å². The molecular formula is C12H11F2NOS. The van der Waals surface area contributed by atoms with Gasteiger partial charge in [0.1, 0.15) is 0 Å². The highest BCUT2D eigenvalue weighted by atomic mass is 32.1. The minimum absolute atomic E-state index is 0.107. The van der Waals surface area contributed by atoms with Crippen molar-refractivity contribution < 1.29 is 13.5 Å². The Morgan fingerprint density at radius 2 is 2.06 bits per heavy atom. The average Bonchev–Trinajstić information content (AvgIpc) is 2.81. The van der Waals surface area contributed by atoms with Crippen LogP contribution in [0.4, 0.5) is 14.5 Å². The highest BCUT2D eigenvalue weighted by Crippen LogP contribution is 2.27. The van der Waals surface area contributed by atoms with Crippen molar-refractivity contribution in [2.24, 2.45) is 0 Å². The van der Waals surface area contributed by atoms with E-state index < -0.39 is 11.6 Å². The molecule has 0 atom stereocenters. The molecule has 0 radical (unpaired) electrons. The van der Waals surface area contributed by atoms with Gasteiger partial charge in [-0.2, -0.15) is 4.39 Å². The third kappa shape index (κ3) is 2.74. The van der Waals surface area contributed by atoms with Crippen molar-refractivity contribution in [1.29, 1.82) is 0 Å². The Morgan fingerprint density at radius 3 is 2.76 bits per heavy atom. The van der Waals surface area contributed by atoms with Crippen LogP contribution in [0.15, 0.2) is 29.6 Å². The van der Waals surface area contributed by atoms with Crippen molar-refractivity contribution >= 4 is 17.0 Å². The van der Waals surface area contributed by atoms with Gasteiger partial charge in [0, 0.05) is 11.3 Å². The van der Waals surface area contributed by atoms with Crippen LogP contribution in [-0.2, 0) is 6.42 Å². The van der Waals surface area contributed by atoms with E-state index in [4.69, 9.17) is 10.5 Å². The lowest BCUT2D eigenvalue weighted by molar-refractivity contribution is 0.302. The van der Waals surface area contributed by atoms with Crippen molar-refractivity contribution in [3.8, 4) is 5.75 Å². The number of nitrogen functional groups attached to an aromatic ring is 1. The normalized spacial score (nSPS) is 10.5. The van der Waals surface area contributed by atoms with Gasteiger partial charge in [-0.3, -0.25) is 0 Å². The molecule has 0 aliphatic carbocycles. The second kappa shape index (κ2) is 5.14. The summed E-state index contributed by atoms with van der Waals surface area (Å²) < 4.78 is 31.5. The standard InChI is InChI=1S/C12H11F2NOS/c13-9-3-4-10(15)12(11(9)14)16-6-5-8-2-1-7-17-8/h1-4,7H,5-6,15H2. The molecule has 2 N–H and O–H groups in total. The number of halogens is 2. The Hall–Kier alpha value is -1.62. The first-order chi connectivity index (χ1) is 8.18. The van der Waals surface area contributed by atoms with Crippen molar-refractivity contribution in [3.63, 3.8) is 0 Å². The monoisotopic (exact) mass is 255 g/mol. The lowest BCUT2D eigenvalue weighted by Crippen LogP contribution is -2.05. The van der Waals surface area contributed by atoms with Gasteiger partial charge in [-0.1, -0.05) is 6.07 Å². The highest BCUT2D eigenvalue weighted by molar-refractivity contribution is 7.09. The summed E-state index contributed by atoms with van der Waals surface area (Å²) in [4.78, 5) is 1.13. The number of nitrogens with two attached hydrogens (primary N) is 1. The summed E-state index contributed by atoms with van der Waals surface area (Å²) >= 11 is 1.59. The van der Waals surface area contributed by atoms with Gasteiger partial charge in [-0.15, -0.1) is 11.3 Å². The van der Waals surface area contributed by atoms with Gasteiger partial charge < -0.3 is 10.5 Å². The van der Waals surface area contributed by atoms with E-state index in [1.807, 2.05) is 17.5 Å². The predicted molar refractivity (Wildman–Crippen MR) is 64.3 cm³/mol. The van der Waals surface area contributed by atoms with Gasteiger partial charge in [-0.25, -0.2) is 4.39 Å². The topological polar surface area (TPSA) is 35.2 Å². The number of ether oxygens (including phenoxy) is 1. The number of rotatable bonds is 4. The van der Waals surface area contributed by atoms with Crippen molar-refractivity contribution in [1.82, 2.24) is 0 Å². The van der Waals surface area contributed by atoms with Gasteiger partial charge in [0.05, 0.1) is 12.3 Å². The fourth-order valence-electron chi connectivity index (χ4n) is 1.40. The number of benzene rings is 1. The van der Waals surface area contributed by atoms with Crippen molar-refractivity contribution in [2.75, 3.05) is 12.3 Å². The second-order valence-electron chi connectivity index (χ2n) is 3.46. The van der Waals surface area contributed by atoms with E-state index >= 15 is 0 Å². The van der Waals surface area contributed by atoms with Gasteiger partial charge in [0.25, 0.3) is 0 Å². The molecule has 0 unspecified atom stereocenters. The highest BCUT2D eigenvalue weighted by Gasteiger charge is 2.13. The molecule has 0 spiro atoms. The number of hydrogen-bond acceptors (Lipinski definition) is 3. The number of anilines is 1. The van der Waals surface area contributed by atoms with E-state index in [1.54, 1.807) is 11.3 Å². The Balaban J connectivity index is 2.01. The zero-order valence-electron chi connectivity index (χ0n) is 8.95. The molecule has 2 aromatic rings. The molecule has 2 nitrogen and oxygen atoms in total. The van der Waals surface area contributed by atoms with Crippen LogP contribution in [0.25, 0.3) is 0 Å². The minimum atomic E-state index is -1.03. The summed E-state index contributed by atoms with van der Waals surface area (Å²) in [5.41, 5.74) is 5.63.